The second kappa shape index (κ2) is 12.4. The summed E-state index contributed by atoms with van der Waals surface area (Å²) < 4.78 is 0. The van der Waals surface area contributed by atoms with Crippen LogP contribution in [-0.2, 0) is 20.8 Å². The van der Waals surface area contributed by atoms with Gasteiger partial charge in [0.15, 0.2) is 0 Å². The zero-order valence-electron chi connectivity index (χ0n) is 18.1. The zero-order chi connectivity index (χ0) is 22.7. The van der Waals surface area contributed by atoms with Gasteiger partial charge >= 0.3 is 6.09 Å². The van der Waals surface area contributed by atoms with Gasteiger partial charge in [-0.2, -0.15) is 0 Å². The van der Waals surface area contributed by atoms with Crippen LogP contribution in [0.5, 0.6) is 0 Å². The molecule has 2 rings (SSSR count). The maximum Gasteiger partial charge on any atom is 0.434 e. The molecule has 1 aliphatic rings. The third-order valence-corrected chi connectivity index (χ3v) is 5.08. The van der Waals surface area contributed by atoms with Gasteiger partial charge in [0.1, 0.15) is 0 Å². The van der Waals surface area contributed by atoms with E-state index < -0.39 is 12.0 Å². The van der Waals surface area contributed by atoms with Crippen molar-refractivity contribution in [1.82, 2.24) is 9.96 Å². The Morgan fingerprint density at radius 1 is 1.17 bits per heavy atom. The topological polar surface area (TPSA) is 66.9 Å². The number of hydroxylamine groups is 2. The molecule has 3 amide bonds. The number of piperidine rings is 1. The van der Waals surface area contributed by atoms with Gasteiger partial charge in [-0.1, -0.05) is 48.1 Å². The number of carbonyl (C=O) groups is 3. The van der Waals surface area contributed by atoms with E-state index >= 15 is 0 Å². The van der Waals surface area contributed by atoms with Crippen LogP contribution in [0.4, 0.5) is 4.79 Å². The second-order valence-electron chi connectivity index (χ2n) is 7.31. The highest BCUT2D eigenvalue weighted by Gasteiger charge is 2.28. The number of benzene rings is 1. The fraction of sp³-hybridized carbons (Fsp3) is 0.375. The number of hydrogen-bond donors (Lipinski definition) is 0. The van der Waals surface area contributed by atoms with E-state index in [9.17, 15) is 14.4 Å². The molecule has 0 unspecified atom stereocenters. The maximum atomic E-state index is 12.3. The van der Waals surface area contributed by atoms with Gasteiger partial charge in [0, 0.05) is 18.7 Å². The van der Waals surface area contributed by atoms with Crippen molar-refractivity contribution >= 4 is 18.4 Å². The van der Waals surface area contributed by atoms with Gasteiger partial charge in [-0.05, 0) is 56.6 Å². The predicted octanol–water partition coefficient (Wildman–Crippen LogP) is 4.61. The standard InChI is InChI=1S/C22H28N2O4.C2H4/c1-16(2)18(4)21(26)24(15-25)28-22(27)23-13-11-20(12-14-23)10-9-19-7-5-17(3)6-8-19;1-2/h5-8,15,20H,1,4,9-14H2,2-3H3;1-2H2. The lowest BCUT2D eigenvalue weighted by Crippen LogP contribution is -2.43. The molecule has 1 aromatic rings. The quantitative estimate of drug-likeness (QED) is 0.225. The molecule has 1 fully saturated rings. The van der Waals surface area contributed by atoms with Crippen molar-refractivity contribution in [3.05, 3.63) is 72.9 Å². The highest BCUT2D eigenvalue weighted by Crippen LogP contribution is 2.23. The van der Waals surface area contributed by atoms with Gasteiger partial charge in [0.05, 0.1) is 0 Å². The van der Waals surface area contributed by atoms with Gasteiger partial charge in [0.2, 0.25) is 0 Å². The average Bonchev–Trinajstić information content (AvgIpc) is 2.77. The van der Waals surface area contributed by atoms with Crippen LogP contribution in [0.2, 0.25) is 0 Å². The SMILES string of the molecule is C=C.C=C(C)C(=C)C(=O)N(C=O)OC(=O)N1CCC(CCc2ccc(C)cc2)CC1. The summed E-state index contributed by atoms with van der Waals surface area (Å²) in [6.45, 7) is 17.9. The molecule has 6 nitrogen and oxygen atoms in total. The summed E-state index contributed by atoms with van der Waals surface area (Å²) in [5.41, 5.74) is 3.01. The number of aryl methyl sites for hydroxylation is 2. The van der Waals surface area contributed by atoms with Crippen LogP contribution < -0.4 is 0 Å². The molecule has 1 saturated heterocycles. The molecule has 162 valence electrons. The summed E-state index contributed by atoms with van der Waals surface area (Å²) in [5.74, 6) is -0.249. The van der Waals surface area contributed by atoms with Crippen LogP contribution in [0.3, 0.4) is 0 Å². The van der Waals surface area contributed by atoms with Crippen LogP contribution in [0.25, 0.3) is 0 Å². The molecule has 0 aromatic heterocycles. The summed E-state index contributed by atoms with van der Waals surface area (Å²) in [6, 6.07) is 8.56. The van der Waals surface area contributed by atoms with Crippen LogP contribution in [-0.4, -0.2) is 41.5 Å². The number of imide groups is 1. The van der Waals surface area contributed by atoms with E-state index in [1.807, 2.05) is 0 Å². The van der Waals surface area contributed by atoms with E-state index in [0.29, 0.717) is 29.6 Å². The summed E-state index contributed by atoms with van der Waals surface area (Å²) >= 11 is 0. The lowest BCUT2D eigenvalue weighted by Gasteiger charge is -2.31. The summed E-state index contributed by atoms with van der Waals surface area (Å²) in [4.78, 5) is 41.9. The van der Waals surface area contributed by atoms with Crippen molar-refractivity contribution in [2.24, 2.45) is 5.92 Å². The zero-order valence-corrected chi connectivity index (χ0v) is 18.1. The minimum absolute atomic E-state index is 0.0229. The fourth-order valence-electron chi connectivity index (χ4n) is 3.10. The van der Waals surface area contributed by atoms with Gasteiger partial charge in [-0.15, -0.1) is 13.2 Å². The molecule has 0 atom stereocenters. The molecule has 6 heteroatoms. The number of likely N-dealkylation sites (tertiary alicyclic amines) is 1. The van der Waals surface area contributed by atoms with Crippen LogP contribution in [0.1, 0.15) is 37.3 Å². The van der Waals surface area contributed by atoms with E-state index in [1.54, 1.807) is 6.92 Å². The van der Waals surface area contributed by atoms with E-state index in [1.165, 1.54) is 16.0 Å². The smallest absolute Gasteiger partial charge is 0.311 e. The molecular formula is C24H32N2O4. The molecule has 1 aliphatic heterocycles. The van der Waals surface area contributed by atoms with Crippen LogP contribution >= 0.6 is 0 Å². The second-order valence-corrected chi connectivity index (χ2v) is 7.31. The van der Waals surface area contributed by atoms with E-state index in [4.69, 9.17) is 4.84 Å². The molecule has 0 bridgehead atoms. The van der Waals surface area contributed by atoms with Crippen molar-refractivity contribution in [3.63, 3.8) is 0 Å². The Kier molecular flexibility index (Phi) is 10.3. The molecule has 0 aliphatic carbocycles. The highest BCUT2D eigenvalue weighted by molar-refractivity contribution is 6.01. The fourth-order valence-corrected chi connectivity index (χ4v) is 3.10. The van der Waals surface area contributed by atoms with Crippen molar-refractivity contribution in [2.45, 2.75) is 39.5 Å². The molecular weight excluding hydrogens is 380 g/mol. The third kappa shape index (κ3) is 7.35. The first-order chi connectivity index (χ1) is 14.3. The van der Waals surface area contributed by atoms with E-state index in [0.717, 1.165) is 25.7 Å². The highest BCUT2D eigenvalue weighted by atomic mass is 16.7. The van der Waals surface area contributed by atoms with Crippen molar-refractivity contribution in [1.29, 1.82) is 0 Å². The average molecular weight is 413 g/mol. The summed E-state index contributed by atoms with van der Waals surface area (Å²) in [5, 5.41) is 0.378. The number of carbonyl (C=O) groups excluding carboxylic acids is 3. The monoisotopic (exact) mass is 412 g/mol. The molecule has 30 heavy (non-hydrogen) atoms. The van der Waals surface area contributed by atoms with Crippen molar-refractivity contribution in [3.8, 4) is 0 Å². The number of hydrogen-bond acceptors (Lipinski definition) is 4. The Hall–Kier alpha value is -3.15. The van der Waals surface area contributed by atoms with Gasteiger partial charge < -0.3 is 9.74 Å². The summed E-state index contributed by atoms with van der Waals surface area (Å²) in [7, 11) is 0. The Morgan fingerprint density at radius 2 is 1.73 bits per heavy atom. The Labute approximate surface area is 179 Å². The molecule has 1 heterocycles. The lowest BCUT2D eigenvalue weighted by molar-refractivity contribution is -0.169. The molecule has 0 spiro atoms. The molecule has 1 aromatic carbocycles. The first kappa shape index (κ1) is 24.9. The van der Waals surface area contributed by atoms with E-state index in [-0.39, 0.29) is 12.0 Å². The van der Waals surface area contributed by atoms with Gasteiger partial charge in [0.25, 0.3) is 12.3 Å². The van der Waals surface area contributed by atoms with Crippen molar-refractivity contribution < 1.29 is 19.2 Å². The first-order valence-corrected chi connectivity index (χ1v) is 9.98. The lowest BCUT2D eigenvalue weighted by atomic mass is 9.90. The Bertz CT molecular complexity index is 762. The van der Waals surface area contributed by atoms with Crippen LogP contribution in [0, 0.1) is 12.8 Å². The normalized spacial score (nSPS) is 13.5. The number of nitrogens with zero attached hydrogens (tertiary/aromatic N) is 2. The maximum absolute atomic E-state index is 12.3. The Morgan fingerprint density at radius 3 is 2.23 bits per heavy atom. The molecule has 0 radical (unpaired) electrons. The molecule has 0 saturated carbocycles. The Balaban J connectivity index is 0.00000218. The van der Waals surface area contributed by atoms with E-state index in [2.05, 4.69) is 57.5 Å². The van der Waals surface area contributed by atoms with Gasteiger partial charge in [-0.25, -0.2) is 4.79 Å². The number of rotatable bonds is 6. The summed E-state index contributed by atoms with van der Waals surface area (Å²) in [6.07, 6.45) is 3.30. The predicted molar refractivity (Wildman–Crippen MR) is 118 cm³/mol. The largest absolute Gasteiger partial charge is 0.434 e. The third-order valence-electron chi connectivity index (χ3n) is 5.08. The first-order valence-electron chi connectivity index (χ1n) is 9.98. The number of amides is 3. The minimum Gasteiger partial charge on any atom is -0.311 e. The van der Waals surface area contributed by atoms with Gasteiger partial charge in [-0.3, -0.25) is 9.59 Å². The minimum atomic E-state index is -0.788. The molecule has 0 N–H and O–H groups in total. The van der Waals surface area contributed by atoms with Crippen molar-refractivity contribution in [2.75, 3.05) is 13.1 Å². The van der Waals surface area contributed by atoms with Crippen LogP contribution in [0.15, 0.2) is 61.7 Å².